The van der Waals surface area contributed by atoms with Gasteiger partial charge in [-0.25, -0.2) is 0 Å². The number of likely N-dealkylation sites (tertiary alicyclic amines) is 1. The topological polar surface area (TPSA) is 80.1 Å². The van der Waals surface area contributed by atoms with E-state index in [2.05, 4.69) is 33.6 Å². The number of aryl methyl sites for hydroxylation is 1. The monoisotopic (exact) mass is 453 g/mol. The molecule has 0 bridgehead atoms. The number of carbonyl (C=O) groups excluding carboxylic acids is 2. The van der Waals surface area contributed by atoms with Crippen molar-refractivity contribution in [3.05, 3.63) is 89.9 Å². The Morgan fingerprint density at radius 1 is 1.06 bits per heavy atom. The fourth-order valence-electron chi connectivity index (χ4n) is 4.74. The van der Waals surface area contributed by atoms with E-state index in [1.165, 1.54) is 10.9 Å². The first-order chi connectivity index (χ1) is 16.6. The molecule has 1 atom stereocenters. The summed E-state index contributed by atoms with van der Waals surface area (Å²) in [5.74, 6) is -0.0121. The van der Waals surface area contributed by atoms with Crippen LogP contribution in [0, 0.1) is 5.92 Å². The maximum absolute atomic E-state index is 13.5. The molecule has 1 N–H and O–H groups in total. The lowest BCUT2D eigenvalue weighted by atomic mass is 9.89. The summed E-state index contributed by atoms with van der Waals surface area (Å²) in [4.78, 5) is 32.5. The first kappa shape index (κ1) is 21.8. The molecule has 0 spiro atoms. The van der Waals surface area contributed by atoms with Gasteiger partial charge in [0.2, 0.25) is 0 Å². The standard InChI is InChI=1S/C27H27N5O2/c1-31-16-13-25(30-31)26(33)29-24-11-3-2-9-22(24)27(34)32-15-6-7-19(18-32)17-20-8-4-12-23-21(20)10-5-14-28-23/h2-5,8-14,16,19H,6-7,15,17-18H2,1H3,(H,29,33). The first-order valence-electron chi connectivity index (χ1n) is 11.6. The summed E-state index contributed by atoms with van der Waals surface area (Å²) >= 11 is 0. The van der Waals surface area contributed by atoms with Crippen molar-refractivity contribution in [1.29, 1.82) is 0 Å². The Labute approximate surface area is 198 Å². The van der Waals surface area contributed by atoms with Gasteiger partial charge in [-0.3, -0.25) is 19.3 Å². The molecule has 7 nitrogen and oxygen atoms in total. The zero-order valence-electron chi connectivity index (χ0n) is 19.1. The lowest BCUT2D eigenvalue weighted by molar-refractivity contribution is 0.0674. The van der Waals surface area contributed by atoms with E-state index in [0.29, 0.717) is 29.4 Å². The number of anilines is 1. The van der Waals surface area contributed by atoms with E-state index in [-0.39, 0.29) is 11.8 Å². The maximum Gasteiger partial charge on any atom is 0.276 e. The van der Waals surface area contributed by atoms with Crippen LogP contribution in [-0.2, 0) is 13.5 Å². The zero-order valence-corrected chi connectivity index (χ0v) is 19.1. The Balaban J connectivity index is 1.31. The predicted molar refractivity (Wildman–Crippen MR) is 132 cm³/mol. The van der Waals surface area contributed by atoms with Crippen molar-refractivity contribution < 1.29 is 9.59 Å². The maximum atomic E-state index is 13.5. The minimum absolute atomic E-state index is 0.0544. The van der Waals surface area contributed by atoms with Gasteiger partial charge in [0.05, 0.1) is 16.8 Å². The highest BCUT2D eigenvalue weighted by atomic mass is 16.2. The van der Waals surface area contributed by atoms with Gasteiger partial charge in [0.15, 0.2) is 5.69 Å². The number of rotatable bonds is 5. The second kappa shape index (κ2) is 9.47. The molecular formula is C27H27N5O2. The Morgan fingerprint density at radius 3 is 2.79 bits per heavy atom. The van der Waals surface area contributed by atoms with Gasteiger partial charge in [0.25, 0.3) is 11.8 Å². The number of nitrogens with zero attached hydrogens (tertiary/aromatic N) is 4. The van der Waals surface area contributed by atoms with Crippen LogP contribution in [0.5, 0.6) is 0 Å². The molecule has 5 rings (SSSR count). The molecule has 4 aromatic rings. The van der Waals surface area contributed by atoms with Gasteiger partial charge in [0, 0.05) is 37.9 Å². The van der Waals surface area contributed by atoms with Crippen LogP contribution in [-0.4, -0.2) is 44.6 Å². The lowest BCUT2D eigenvalue weighted by Gasteiger charge is -2.33. The van der Waals surface area contributed by atoms with Crippen LogP contribution < -0.4 is 5.32 Å². The van der Waals surface area contributed by atoms with E-state index in [1.807, 2.05) is 35.4 Å². The van der Waals surface area contributed by atoms with E-state index in [4.69, 9.17) is 0 Å². The number of pyridine rings is 1. The minimum Gasteiger partial charge on any atom is -0.338 e. The molecule has 2 amide bonds. The van der Waals surface area contributed by atoms with Crippen molar-refractivity contribution in [1.82, 2.24) is 19.7 Å². The van der Waals surface area contributed by atoms with Crippen LogP contribution in [0.25, 0.3) is 10.9 Å². The molecule has 172 valence electrons. The number of fused-ring (bicyclic) bond motifs is 1. The van der Waals surface area contributed by atoms with Crippen molar-refractivity contribution in [2.45, 2.75) is 19.3 Å². The Morgan fingerprint density at radius 2 is 1.94 bits per heavy atom. The molecule has 1 saturated heterocycles. The van der Waals surface area contributed by atoms with Gasteiger partial charge in [-0.05, 0) is 61.1 Å². The first-order valence-corrected chi connectivity index (χ1v) is 11.6. The van der Waals surface area contributed by atoms with E-state index in [1.54, 1.807) is 36.1 Å². The molecular weight excluding hydrogens is 426 g/mol. The van der Waals surface area contributed by atoms with E-state index in [9.17, 15) is 9.59 Å². The Bertz CT molecular complexity index is 1340. The summed E-state index contributed by atoms with van der Waals surface area (Å²) in [6, 6.07) is 19.2. The molecule has 7 heteroatoms. The van der Waals surface area contributed by atoms with Gasteiger partial charge in [-0.2, -0.15) is 5.10 Å². The highest BCUT2D eigenvalue weighted by Gasteiger charge is 2.27. The van der Waals surface area contributed by atoms with Crippen LogP contribution in [0.2, 0.25) is 0 Å². The van der Waals surface area contributed by atoms with Crippen LogP contribution in [0.3, 0.4) is 0 Å². The summed E-state index contributed by atoms with van der Waals surface area (Å²) in [6.07, 6.45) is 6.48. The van der Waals surface area contributed by atoms with Crippen molar-refractivity contribution in [3.8, 4) is 0 Å². The number of amides is 2. The number of nitrogens with one attached hydrogen (secondary N) is 1. The number of benzene rings is 2. The van der Waals surface area contributed by atoms with Gasteiger partial charge in [-0.15, -0.1) is 0 Å². The van der Waals surface area contributed by atoms with Gasteiger partial charge < -0.3 is 10.2 Å². The third-order valence-electron chi connectivity index (χ3n) is 6.40. The number of para-hydroxylation sites is 1. The lowest BCUT2D eigenvalue weighted by Crippen LogP contribution is -2.40. The smallest absolute Gasteiger partial charge is 0.276 e. The predicted octanol–water partition coefficient (Wildman–Crippen LogP) is 4.32. The third kappa shape index (κ3) is 4.55. The summed E-state index contributed by atoms with van der Waals surface area (Å²) in [5, 5.41) is 8.19. The van der Waals surface area contributed by atoms with Crippen LogP contribution >= 0.6 is 0 Å². The molecule has 1 aliphatic heterocycles. The second-order valence-electron chi connectivity index (χ2n) is 8.83. The molecule has 2 aromatic carbocycles. The molecule has 0 radical (unpaired) electrons. The highest BCUT2D eigenvalue weighted by molar-refractivity contribution is 6.08. The SMILES string of the molecule is Cn1ccc(C(=O)Nc2ccccc2C(=O)N2CCCC(Cc3cccc4ncccc34)C2)n1. The van der Waals surface area contributed by atoms with E-state index < -0.39 is 0 Å². The number of carbonyl (C=O) groups is 2. The summed E-state index contributed by atoms with van der Waals surface area (Å²) in [6.45, 7) is 1.41. The second-order valence-corrected chi connectivity index (χ2v) is 8.83. The van der Waals surface area contributed by atoms with Crippen LogP contribution in [0.15, 0.2) is 73.1 Å². The van der Waals surface area contributed by atoms with Gasteiger partial charge in [-0.1, -0.05) is 30.3 Å². The van der Waals surface area contributed by atoms with Crippen molar-refractivity contribution >= 4 is 28.4 Å². The molecule has 1 aliphatic rings. The minimum atomic E-state index is -0.332. The third-order valence-corrected chi connectivity index (χ3v) is 6.40. The molecule has 3 heterocycles. The Hall–Kier alpha value is -4.00. The fourth-order valence-corrected chi connectivity index (χ4v) is 4.74. The fraction of sp³-hybridized carbons (Fsp3) is 0.259. The van der Waals surface area contributed by atoms with Crippen LogP contribution in [0.4, 0.5) is 5.69 Å². The summed E-state index contributed by atoms with van der Waals surface area (Å²) in [7, 11) is 1.76. The van der Waals surface area contributed by atoms with Gasteiger partial charge in [0.1, 0.15) is 0 Å². The Kier molecular flexibility index (Phi) is 6.08. The number of hydrogen-bond donors (Lipinski definition) is 1. The van der Waals surface area contributed by atoms with Gasteiger partial charge >= 0.3 is 0 Å². The largest absolute Gasteiger partial charge is 0.338 e. The molecule has 1 unspecified atom stereocenters. The van der Waals surface area contributed by atoms with E-state index in [0.717, 1.165) is 31.3 Å². The highest BCUT2D eigenvalue weighted by Crippen LogP contribution is 2.27. The van der Waals surface area contributed by atoms with Crippen LogP contribution in [0.1, 0.15) is 39.3 Å². The quantitative estimate of drug-likeness (QED) is 0.488. The van der Waals surface area contributed by atoms with Crippen molar-refractivity contribution in [3.63, 3.8) is 0 Å². The van der Waals surface area contributed by atoms with Crippen molar-refractivity contribution in [2.75, 3.05) is 18.4 Å². The molecule has 34 heavy (non-hydrogen) atoms. The summed E-state index contributed by atoms with van der Waals surface area (Å²) < 4.78 is 1.58. The normalized spacial score (nSPS) is 15.9. The van der Waals surface area contributed by atoms with Crippen molar-refractivity contribution in [2.24, 2.45) is 13.0 Å². The number of piperidine rings is 1. The number of hydrogen-bond acceptors (Lipinski definition) is 4. The molecule has 0 saturated carbocycles. The molecule has 2 aromatic heterocycles. The number of aromatic nitrogens is 3. The van der Waals surface area contributed by atoms with E-state index >= 15 is 0 Å². The molecule has 1 fully saturated rings. The average Bonchev–Trinajstić information content (AvgIpc) is 3.31. The summed E-state index contributed by atoms with van der Waals surface area (Å²) in [5.41, 5.74) is 3.59. The average molecular weight is 454 g/mol. The zero-order chi connectivity index (χ0) is 23.5. The molecule has 0 aliphatic carbocycles.